The molecule has 2 heterocycles. The Morgan fingerprint density at radius 3 is 3.00 bits per heavy atom. The summed E-state index contributed by atoms with van der Waals surface area (Å²) in [7, 11) is 0. The molecule has 0 saturated heterocycles. The lowest BCUT2D eigenvalue weighted by Gasteiger charge is -2.18. The molecule has 0 bridgehead atoms. The predicted octanol–water partition coefficient (Wildman–Crippen LogP) is 3.83. The molecule has 0 radical (unpaired) electrons. The van der Waals surface area contributed by atoms with Crippen molar-refractivity contribution in [2.45, 2.75) is 26.2 Å². The Hall–Kier alpha value is -2.47. The van der Waals surface area contributed by atoms with Crippen molar-refractivity contribution in [3.05, 3.63) is 47.1 Å². The van der Waals surface area contributed by atoms with Crippen molar-refractivity contribution < 1.29 is 9.53 Å². The number of amides is 1. The van der Waals surface area contributed by atoms with Crippen LogP contribution in [0.15, 0.2) is 36.7 Å². The normalized spacial score (nSPS) is 16.4. The van der Waals surface area contributed by atoms with E-state index in [2.05, 4.69) is 22.2 Å². The van der Waals surface area contributed by atoms with Crippen LogP contribution in [0.25, 0.3) is 10.2 Å². The van der Waals surface area contributed by atoms with E-state index in [1.54, 1.807) is 11.3 Å². The Morgan fingerprint density at radius 1 is 1.32 bits per heavy atom. The summed E-state index contributed by atoms with van der Waals surface area (Å²) in [5.41, 5.74) is 2.06. The van der Waals surface area contributed by atoms with Crippen molar-refractivity contribution >= 4 is 33.1 Å². The summed E-state index contributed by atoms with van der Waals surface area (Å²) < 4.78 is 5.75. The first-order chi connectivity index (χ1) is 12.2. The largest absolute Gasteiger partial charge is 0.467 e. The van der Waals surface area contributed by atoms with Crippen LogP contribution in [-0.4, -0.2) is 22.5 Å². The van der Waals surface area contributed by atoms with E-state index >= 15 is 0 Å². The van der Waals surface area contributed by atoms with Gasteiger partial charge in [0.1, 0.15) is 11.2 Å². The molecule has 1 amide bonds. The Labute approximate surface area is 150 Å². The summed E-state index contributed by atoms with van der Waals surface area (Å²) in [5.74, 6) is 1.02. The zero-order valence-corrected chi connectivity index (χ0v) is 14.8. The lowest BCUT2D eigenvalue weighted by Crippen LogP contribution is -2.20. The second-order valence-electron chi connectivity index (χ2n) is 6.41. The maximum absolute atomic E-state index is 12.1. The third-order valence-corrected chi connectivity index (χ3v) is 5.62. The topological polar surface area (TPSA) is 64.1 Å². The molecule has 1 unspecified atom stereocenters. The molecule has 1 atom stereocenters. The van der Waals surface area contributed by atoms with Gasteiger partial charge in [0, 0.05) is 10.6 Å². The molecule has 25 heavy (non-hydrogen) atoms. The second-order valence-corrected chi connectivity index (χ2v) is 7.50. The van der Waals surface area contributed by atoms with E-state index in [1.165, 1.54) is 23.2 Å². The molecule has 0 aliphatic heterocycles. The fourth-order valence-corrected chi connectivity index (χ4v) is 4.55. The number of aromatic nitrogens is 2. The van der Waals surface area contributed by atoms with Crippen LogP contribution in [0.5, 0.6) is 5.88 Å². The Bertz CT molecular complexity index is 908. The Kier molecular flexibility index (Phi) is 4.36. The van der Waals surface area contributed by atoms with Crippen molar-refractivity contribution in [1.82, 2.24) is 9.97 Å². The molecule has 1 aromatic carbocycles. The summed E-state index contributed by atoms with van der Waals surface area (Å²) in [4.78, 5) is 23.1. The average molecular weight is 353 g/mol. The van der Waals surface area contributed by atoms with Crippen LogP contribution in [0.1, 0.15) is 23.8 Å². The quantitative estimate of drug-likeness (QED) is 0.774. The van der Waals surface area contributed by atoms with Gasteiger partial charge in [0.2, 0.25) is 5.88 Å². The number of carbonyl (C=O) groups is 1. The molecule has 1 N–H and O–H groups in total. The van der Waals surface area contributed by atoms with Crippen LogP contribution < -0.4 is 10.1 Å². The maximum Gasteiger partial charge on any atom is 0.262 e. The smallest absolute Gasteiger partial charge is 0.262 e. The number of thiophene rings is 1. The van der Waals surface area contributed by atoms with Gasteiger partial charge in [-0.2, -0.15) is 0 Å². The molecular weight excluding hydrogens is 334 g/mol. The highest BCUT2D eigenvalue weighted by molar-refractivity contribution is 7.18. The van der Waals surface area contributed by atoms with E-state index in [4.69, 9.17) is 4.74 Å². The first-order valence-corrected chi connectivity index (χ1v) is 9.25. The number of fused-ring (bicyclic) bond motifs is 3. The molecule has 0 fully saturated rings. The van der Waals surface area contributed by atoms with Gasteiger partial charge < -0.3 is 10.1 Å². The van der Waals surface area contributed by atoms with Gasteiger partial charge in [-0.15, -0.1) is 11.3 Å². The number of hydrogen-bond acceptors (Lipinski definition) is 5. The second kappa shape index (κ2) is 6.80. The third kappa shape index (κ3) is 3.35. The van der Waals surface area contributed by atoms with Gasteiger partial charge >= 0.3 is 0 Å². The van der Waals surface area contributed by atoms with E-state index in [0.29, 0.717) is 11.8 Å². The Balaban J connectivity index is 1.53. The van der Waals surface area contributed by atoms with Gasteiger partial charge in [-0.25, -0.2) is 9.97 Å². The highest BCUT2D eigenvalue weighted by Crippen LogP contribution is 2.40. The van der Waals surface area contributed by atoms with E-state index in [1.807, 2.05) is 30.3 Å². The molecule has 1 aliphatic rings. The number of hydrogen-bond donors (Lipinski definition) is 1. The van der Waals surface area contributed by atoms with Gasteiger partial charge in [-0.05, 0) is 42.9 Å². The fraction of sp³-hybridized carbons (Fsp3) is 0.316. The number of anilines is 1. The lowest BCUT2D eigenvalue weighted by atomic mass is 9.89. The highest BCUT2D eigenvalue weighted by Gasteiger charge is 2.23. The van der Waals surface area contributed by atoms with Crippen LogP contribution in [0.2, 0.25) is 0 Å². The van der Waals surface area contributed by atoms with Gasteiger partial charge in [-0.1, -0.05) is 25.1 Å². The molecule has 2 aromatic heterocycles. The minimum atomic E-state index is -0.198. The molecule has 0 saturated carbocycles. The predicted molar refractivity (Wildman–Crippen MR) is 99.2 cm³/mol. The molecule has 4 rings (SSSR count). The van der Waals surface area contributed by atoms with Gasteiger partial charge in [0.15, 0.2) is 6.61 Å². The summed E-state index contributed by atoms with van der Waals surface area (Å²) in [6.07, 6.45) is 4.79. The zero-order chi connectivity index (χ0) is 17.2. The minimum absolute atomic E-state index is 0.0674. The van der Waals surface area contributed by atoms with E-state index in [9.17, 15) is 4.79 Å². The van der Waals surface area contributed by atoms with Crippen molar-refractivity contribution in [3.63, 3.8) is 0 Å². The average Bonchev–Trinajstić information content (AvgIpc) is 2.98. The standard InChI is InChI=1S/C19H19N3O2S/c1-12-7-8-14-15(9-12)25-19-17(14)18(20-11-21-19)24-10-16(23)22-13-5-3-2-4-6-13/h2-6,11-12H,7-10H2,1H3,(H,22,23). The van der Waals surface area contributed by atoms with Crippen LogP contribution in [-0.2, 0) is 17.6 Å². The molecule has 0 spiro atoms. The molecule has 3 aromatic rings. The molecule has 5 nitrogen and oxygen atoms in total. The van der Waals surface area contributed by atoms with Gasteiger partial charge in [0.05, 0.1) is 5.39 Å². The monoisotopic (exact) mass is 353 g/mol. The summed E-state index contributed by atoms with van der Waals surface area (Å²) >= 11 is 1.72. The maximum atomic E-state index is 12.1. The van der Waals surface area contributed by atoms with E-state index in [-0.39, 0.29) is 12.5 Å². The van der Waals surface area contributed by atoms with Crippen LogP contribution >= 0.6 is 11.3 Å². The fourth-order valence-electron chi connectivity index (χ4n) is 3.21. The summed E-state index contributed by atoms with van der Waals surface area (Å²) in [6.45, 7) is 2.21. The number of ether oxygens (including phenoxy) is 1. The first-order valence-electron chi connectivity index (χ1n) is 8.43. The SMILES string of the molecule is CC1CCc2c(sc3ncnc(OCC(=O)Nc4ccccc4)c23)C1. The summed E-state index contributed by atoms with van der Waals surface area (Å²) in [5, 5.41) is 3.81. The Morgan fingerprint density at radius 2 is 2.16 bits per heavy atom. The number of rotatable bonds is 4. The third-order valence-electron chi connectivity index (χ3n) is 4.45. The zero-order valence-electron chi connectivity index (χ0n) is 14.0. The number of carbonyl (C=O) groups excluding carboxylic acids is 1. The lowest BCUT2D eigenvalue weighted by molar-refractivity contribution is -0.118. The van der Waals surface area contributed by atoms with E-state index < -0.39 is 0 Å². The van der Waals surface area contributed by atoms with Crippen molar-refractivity contribution in [2.24, 2.45) is 5.92 Å². The van der Waals surface area contributed by atoms with Crippen molar-refractivity contribution in [3.8, 4) is 5.88 Å². The van der Waals surface area contributed by atoms with Crippen LogP contribution in [0.3, 0.4) is 0 Å². The van der Waals surface area contributed by atoms with Gasteiger partial charge in [0.25, 0.3) is 5.91 Å². The minimum Gasteiger partial charge on any atom is -0.467 e. The van der Waals surface area contributed by atoms with Crippen molar-refractivity contribution in [2.75, 3.05) is 11.9 Å². The first kappa shape index (κ1) is 16.0. The number of para-hydroxylation sites is 1. The molecule has 1 aliphatic carbocycles. The highest BCUT2D eigenvalue weighted by atomic mass is 32.1. The van der Waals surface area contributed by atoms with Crippen LogP contribution in [0.4, 0.5) is 5.69 Å². The van der Waals surface area contributed by atoms with Crippen LogP contribution in [0, 0.1) is 5.92 Å². The van der Waals surface area contributed by atoms with Crippen molar-refractivity contribution in [1.29, 1.82) is 0 Å². The number of aryl methyl sites for hydroxylation is 1. The molecule has 6 heteroatoms. The number of nitrogens with zero attached hydrogens (tertiary/aromatic N) is 2. The summed E-state index contributed by atoms with van der Waals surface area (Å²) in [6, 6.07) is 9.35. The van der Waals surface area contributed by atoms with Gasteiger partial charge in [-0.3, -0.25) is 4.79 Å². The van der Waals surface area contributed by atoms with E-state index in [0.717, 1.165) is 28.7 Å². The molecule has 128 valence electrons. The number of benzene rings is 1. The number of nitrogens with one attached hydrogen (secondary N) is 1. The molecular formula is C19H19N3O2S.